The molecule has 0 fully saturated rings. The fourth-order valence-corrected chi connectivity index (χ4v) is 5.76. The Hall–Kier alpha value is -4.27. The van der Waals surface area contributed by atoms with Crippen LogP contribution in [0.15, 0.2) is 84.2 Å². The Morgan fingerprint density at radius 3 is 2.47 bits per heavy atom. The molecule has 0 aliphatic carbocycles. The van der Waals surface area contributed by atoms with E-state index in [9.17, 15) is 4.79 Å². The van der Waals surface area contributed by atoms with E-state index in [1.165, 1.54) is 28.1 Å². The van der Waals surface area contributed by atoms with Gasteiger partial charge in [0.1, 0.15) is 15.5 Å². The lowest BCUT2D eigenvalue weighted by Gasteiger charge is -2.03. The molecule has 0 aliphatic rings. The van der Waals surface area contributed by atoms with Crippen LogP contribution in [0.3, 0.4) is 0 Å². The number of benzene rings is 3. The van der Waals surface area contributed by atoms with Crippen molar-refractivity contribution in [2.24, 2.45) is 0 Å². The van der Waals surface area contributed by atoms with Gasteiger partial charge in [0.05, 0.1) is 24.2 Å². The number of nitrogens with zero attached hydrogens (tertiary/aromatic N) is 2. The molecule has 3 N–H and O–H groups in total. The molecule has 0 saturated heterocycles. The van der Waals surface area contributed by atoms with E-state index in [1.807, 2.05) is 60.0 Å². The summed E-state index contributed by atoms with van der Waals surface area (Å²) in [7, 11) is 1.64. The van der Waals surface area contributed by atoms with Crippen molar-refractivity contribution >= 4 is 60.4 Å². The fourth-order valence-electron chi connectivity index (χ4n) is 4.05. The van der Waals surface area contributed by atoms with Gasteiger partial charge >= 0.3 is 0 Å². The van der Waals surface area contributed by atoms with Gasteiger partial charge in [0.15, 0.2) is 5.13 Å². The lowest BCUT2D eigenvalue weighted by molar-refractivity contribution is 0.103. The summed E-state index contributed by atoms with van der Waals surface area (Å²) in [6.45, 7) is 0. The number of carbonyl (C=O) groups is 1. The Balaban J connectivity index is 1.25. The first kappa shape index (κ1) is 22.2. The van der Waals surface area contributed by atoms with Crippen LogP contribution in [0.5, 0.6) is 5.75 Å². The number of thiophene rings is 1. The van der Waals surface area contributed by atoms with Gasteiger partial charge < -0.3 is 10.5 Å². The number of nitrogen functional groups attached to an aromatic ring is 1. The van der Waals surface area contributed by atoms with Crippen molar-refractivity contribution in [2.45, 2.75) is 0 Å². The van der Waals surface area contributed by atoms with E-state index in [0.717, 1.165) is 39.0 Å². The minimum Gasteiger partial charge on any atom is -0.497 e. The molecule has 0 bridgehead atoms. The first-order valence-corrected chi connectivity index (χ1v) is 12.9. The van der Waals surface area contributed by atoms with Crippen LogP contribution in [0, 0.1) is 0 Å². The zero-order valence-electron chi connectivity index (χ0n) is 19.2. The normalized spacial score (nSPS) is 11.1. The lowest BCUT2D eigenvalue weighted by Crippen LogP contribution is -2.11. The van der Waals surface area contributed by atoms with Crippen molar-refractivity contribution < 1.29 is 9.53 Å². The Bertz CT molecular complexity index is 1740. The molecule has 36 heavy (non-hydrogen) atoms. The molecule has 176 valence electrons. The van der Waals surface area contributed by atoms with Gasteiger partial charge in [0.25, 0.3) is 5.91 Å². The number of methoxy groups -OCH3 is 1. The summed E-state index contributed by atoms with van der Waals surface area (Å²) in [6, 6.07) is 25.9. The number of hydrogen-bond donors (Lipinski definition) is 2. The highest BCUT2D eigenvalue weighted by atomic mass is 32.1. The molecule has 6 nitrogen and oxygen atoms in total. The molecule has 0 spiro atoms. The van der Waals surface area contributed by atoms with Gasteiger partial charge in [-0.15, -0.1) is 22.7 Å². The van der Waals surface area contributed by atoms with E-state index < -0.39 is 0 Å². The summed E-state index contributed by atoms with van der Waals surface area (Å²) in [6.07, 6.45) is 0. The maximum absolute atomic E-state index is 13.1. The third-order valence-corrected chi connectivity index (χ3v) is 7.83. The molecule has 0 aliphatic heterocycles. The molecule has 3 heterocycles. The van der Waals surface area contributed by atoms with Crippen LogP contribution in [-0.4, -0.2) is 23.0 Å². The standard InChI is InChI=1S/C28H20N4O2S2/c1-34-20-10-8-17(9-11-20)22-13-12-21-24(29)25(36-27(21)30-22)26(33)32-28-31-23(15-35-28)19-7-6-16-4-2-3-5-18(16)14-19/h2-15H,29H2,1H3,(H,31,32,33). The van der Waals surface area contributed by atoms with Crippen molar-refractivity contribution in [3.05, 3.63) is 89.1 Å². The van der Waals surface area contributed by atoms with E-state index in [4.69, 9.17) is 15.5 Å². The van der Waals surface area contributed by atoms with Crippen molar-refractivity contribution in [1.82, 2.24) is 9.97 Å². The number of nitrogens with one attached hydrogen (secondary N) is 1. The summed E-state index contributed by atoms with van der Waals surface area (Å²) >= 11 is 2.66. The van der Waals surface area contributed by atoms with Crippen molar-refractivity contribution in [1.29, 1.82) is 0 Å². The zero-order valence-corrected chi connectivity index (χ0v) is 20.8. The van der Waals surface area contributed by atoms with E-state index in [0.29, 0.717) is 20.5 Å². The van der Waals surface area contributed by atoms with E-state index >= 15 is 0 Å². The monoisotopic (exact) mass is 508 g/mol. The molecule has 6 rings (SSSR count). The molecule has 3 aromatic heterocycles. The Morgan fingerprint density at radius 1 is 0.889 bits per heavy atom. The van der Waals surface area contributed by atoms with Crippen LogP contribution in [0.1, 0.15) is 9.67 Å². The molecular weight excluding hydrogens is 488 g/mol. The second kappa shape index (κ2) is 9.07. The summed E-state index contributed by atoms with van der Waals surface area (Å²) in [5.41, 5.74) is 10.3. The average Bonchev–Trinajstić information content (AvgIpc) is 3.52. The third-order valence-electron chi connectivity index (χ3n) is 5.96. The number of carbonyl (C=O) groups excluding carboxylic acids is 1. The minimum atomic E-state index is -0.291. The Kier molecular flexibility index (Phi) is 5.59. The number of thiazole rings is 1. The number of nitrogens with two attached hydrogens (primary N) is 1. The number of pyridine rings is 1. The van der Waals surface area contributed by atoms with Gasteiger partial charge in [-0.3, -0.25) is 10.1 Å². The number of hydrogen-bond acceptors (Lipinski definition) is 7. The maximum atomic E-state index is 13.1. The fraction of sp³-hybridized carbons (Fsp3) is 0.0357. The average molecular weight is 509 g/mol. The van der Waals surface area contributed by atoms with Crippen LogP contribution in [-0.2, 0) is 0 Å². The first-order valence-electron chi connectivity index (χ1n) is 11.2. The summed E-state index contributed by atoms with van der Waals surface area (Å²) < 4.78 is 5.23. The number of ether oxygens (including phenoxy) is 1. The van der Waals surface area contributed by atoms with Gasteiger partial charge in [0, 0.05) is 21.9 Å². The Labute approximate surface area is 215 Å². The van der Waals surface area contributed by atoms with Gasteiger partial charge in [-0.2, -0.15) is 0 Å². The molecule has 0 radical (unpaired) electrons. The highest BCUT2D eigenvalue weighted by molar-refractivity contribution is 7.21. The van der Waals surface area contributed by atoms with Gasteiger partial charge in [-0.1, -0.05) is 36.4 Å². The largest absolute Gasteiger partial charge is 0.497 e. The van der Waals surface area contributed by atoms with Gasteiger partial charge in [-0.05, 0) is 53.2 Å². The molecule has 6 aromatic rings. The predicted octanol–water partition coefficient (Wildman–Crippen LogP) is 7.08. The van der Waals surface area contributed by atoms with E-state index in [1.54, 1.807) is 7.11 Å². The molecule has 8 heteroatoms. The van der Waals surface area contributed by atoms with Crippen LogP contribution in [0.2, 0.25) is 0 Å². The van der Waals surface area contributed by atoms with Crippen LogP contribution in [0.4, 0.5) is 10.8 Å². The van der Waals surface area contributed by atoms with Crippen LogP contribution < -0.4 is 15.8 Å². The second-order valence-corrected chi connectivity index (χ2v) is 10.0. The molecule has 3 aromatic carbocycles. The molecule has 0 atom stereocenters. The van der Waals surface area contributed by atoms with Crippen LogP contribution in [0.25, 0.3) is 43.5 Å². The predicted molar refractivity (Wildman–Crippen MR) is 149 cm³/mol. The summed E-state index contributed by atoms with van der Waals surface area (Å²) in [5.74, 6) is 0.492. The van der Waals surface area contributed by atoms with E-state index in [2.05, 4.69) is 34.6 Å². The van der Waals surface area contributed by atoms with Gasteiger partial charge in [-0.25, -0.2) is 9.97 Å². The number of fused-ring (bicyclic) bond motifs is 2. The van der Waals surface area contributed by atoms with Crippen molar-refractivity contribution in [3.63, 3.8) is 0 Å². The first-order chi connectivity index (χ1) is 17.6. The van der Waals surface area contributed by atoms with E-state index in [-0.39, 0.29) is 5.91 Å². The second-order valence-electron chi connectivity index (χ2n) is 8.18. The molecule has 0 unspecified atom stereocenters. The number of amides is 1. The molecule has 0 saturated carbocycles. The summed E-state index contributed by atoms with van der Waals surface area (Å²) in [5, 5.41) is 8.45. The maximum Gasteiger partial charge on any atom is 0.269 e. The van der Waals surface area contributed by atoms with Crippen molar-refractivity contribution in [3.8, 4) is 28.3 Å². The third kappa shape index (κ3) is 4.06. The van der Waals surface area contributed by atoms with Gasteiger partial charge in [0.2, 0.25) is 0 Å². The minimum absolute atomic E-state index is 0.291. The summed E-state index contributed by atoms with van der Waals surface area (Å²) in [4.78, 5) is 23.6. The smallest absolute Gasteiger partial charge is 0.269 e. The number of anilines is 2. The van der Waals surface area contributed by atoms with Crippen LogP contribution >= 0.6 is 22.7 Å². The topological polar surface area (TPSA) is 90.1 Å². The highest BCUT2D eigenvalue weighted by Gasteiger charge is 2.19. The Morgan fingerprint density at radius 2 is 1.67 bits per heavy atom. The number of rotatable bonds is 5. The lowest BCUT2D eigenvalue weighted by atomic mass is 10.1. The number of aromatic nitrogens is 2. The van der Waals surface area contributed by atoms with Crippen molar-refractivity contribution in [2.75, 3.05) is 18.2 Å². The quantitative estimate of drug-likeness (QED) is 0.260. The molecular formula is C28H20N4O2S2. The molecule has 1 amide bonds. The zero-order chi connectivity index (χ0) is 24.6. The SMILES string of the molecule is COc1ccc(-c2ccc3c(N)c(C(=O)Nc4nc(-c5ccc6ccccc6c5)cs4)sc3n2)cc1. The highest BCUT2D eigenvalue weighted by Crippen LogP contribution is 2.35.